The molecule has 0 aliphatic rings. The minimum atomic E-state index is -1.19. The molecular formula is C18H17N3O4S. The van der Waals surface area contributed by atoms with Crippen LogP contribution in [0.1, 0.15) is 34.7 Å². The number of carboxylic acids is 1. The van der Waals surface area contributed by atoms with Crippen LogP contribution in [-0.2, 0) is 4.79 Å². The van der Waals surface area contributed by atoms with E-state index in [-0.39, 0.29) is 16.9 Å². The number of rotatable bonds is 4. The second-order valence-electron chi connectivity index (χ2n) is 6.00. The number of carbonyl (C=O) groups is 2. The normalized spacial score (nSPS) is 12.1. The van der Waals surface area contributed by atoms with Crippen molar-refractivity contribution in [2.75, 3.05) is 5.32 Å². The highest BCUT2D eigenvalue weighted by Crippen LogP contribution is 2.23. The van der Waals surface area contributed by atoms with Gasteiger partial charge in [-0.25, -0.2) is 9.78 Å². The van der Waals surface area contributed by atoms with E-state index in [1.807, 2.05) is 19.1 Å². The molecule has 134 valence electrons. The van der Waals surface area contributed by atoms with E-state index in [0.29, 0.717) is 16.3 Å². The molecule has 0 aliphatic heterocycles. The van der Waals surface area contributed by atoms with Crippen molar-refractivity contribution in [3.63, 3.8) is 0 Å². The minimum absolute atomic E-state index is 0.0306. The molecule has 3 rings (SSSR count). The van der Waals surface area contributed by atoms with Gasteiger partial charge in [-0.2, -0.15) is 0 Å². The van der Waals surface area contributed by atoms with Crippen molar-refractivity contribution in [3.05, 3.63) is 57.0 Å². The Bertz CT molecular complexity index is 1070. The zero-order chi connectivity index (χ0) is 19.0. The summed E-state index contributed by atoms with van der Waals surface area (Å²) in [4.78, 5) is 41.5. The number of aryl methyl sites for hydroxylation is 2. The second kappa shape index (κ2) is 6.72. The van der Waals surface area contributed by atoms with Gasteiger partial charge in [-0.1, -0.05) is 17.7 Å². The molecule has 7 nitrogen and oxygen atoms in total. The van der Waals surface area contributed by atoms with Crippen LogP contribution in [0.25, 0.3) is 10.2 Å². The number of aromatic nitrogens is 2. The molecule has 2 heterocycles. The monoisotopic (exact) mass is 371 g/mol. The minimum Gasteiger partial charge on any atom is -0.478 e. The van der Waals surface area contributed by atoms with Gasteiger partial charge in [0.2, 0.25) is 5.91 Å². The molecule has 0 aliphatic carbocycles. The maximum absolute atomic E-state index is 12.9. The van der Waals surface area contributed by atoms with Gasteiger partial charge in [0.15, 0.2) is 0 Å². The molecule has 2 aromatic heterocycles. The number of nitrogens with one attached hydrogen (secondary N) is 1. The van der Waals surface area contributed by atoms with Crippen LogP contribution in [0.2, 0.25) is 0 Å². The summed E-state index contributed by atoms with van der Waals surface area (Å²) in [7, 11) is 0. The quantitative estimate of drug-likeness (QED) is 0.734. The van der Waals surface area contributed by atoms with Crippen LogP contribution in [0.3, 0.4) is 0 Å². The molecule has 0 spiro atoms. The fourth-order valence-electron chi connectivity index (χ4n) is 2.72. The average molecular weight is 371 g/mol. The molecule has 0 saturated carbocycles. The van der Waals surface area contributed by atoms with E-state index in [4.69, 9.17) is 0 Å². The van der Waals surface area contributed by atoms with Crippen LogP contribution in [0, 0.1) is 13.8 Å². The molecule has 0 fully saturated rings. The van der Waals surface area contributed by atoms with Gasteiger partial charge in [-0.05, 0) is 32.9 Å². The summed E-state index contributed by atoms with van der Waals surface area (Å²) in [5, 5.41) is 13.5. The number of carbonyl (C=O) groups excluding carboxylic acids is 1. The summed E-state index contributed by atoms with van der Waals surface area (Å²) in [5.74, 6) is -1.22. The van der Waals surface area contributed by atoms with Gasteiger partial charge in [-0.15, -0.1) is 11.3 Å². The molecule has 26 heavy (non-hydrogen) atoms. The number of anilines is 1. The van der Waals surface area contributed by atoms with Gasteiger partial charge in [0, 0.05) is 11.1 Å². The van der Waals surface area contributed by atoms with E-state index in [0.717, 1.165) is 16.9 Å². The highest BCUT2D eigenvalue weighted by Gasteiger charge is 2.23. The summed E-state index contributed by atoms with van der Waals surface area (Å²) in [6, 6.07) is 6.45. The lowest BCUT2D eigenvalue weighted by atomic mass is 10.2. The van der Waals surface area contributed by atoms with Gasteiger partial charge >= 0.3 is 5.97 Å². The van der Waals surface area contributed by atoms with Crippen molar-refractivity contribution in [2.45, 2.75) is 26.8 Å². The zero-order valence-electron chi connectivity index (χ0n) is 14.4. The molecule has 0 bridgehead atoms. The topological polar surface area (TPSA) is 101 Å². The number of thiophene rings is 1. The first-order valence-electron chi connectivity index (χ1n) is 7.90. The molecule has 2 N–H and O–H groups in total. The first kappa shape index (κ1) is 17.8. The average Bonchev–Trinajstić information content (AvgIpc) is 3.01. The Labute approximate surface area is 152 Å². The van der Waals surface area contributed by atoms with Crippen molar-refractivity contribution in [2.24, 2.45) is 0 Å². The maximum atomic E-state index is 12.9. The van der Waals surface area contributed by atoms with Gasteiger partial charge < -0.3 is 10.4 Å². The fourth-order valence-corrected chi connectivity index (χ4v) is 3.67. The van der Waals surface area contributed by atoms with Crippen LogP contribution in [0.15, 0.2) is 34.4 Å². The molecule has 0 radical (unpaired) electrons. The van der Waals surface area contributed by atoms with E-state index >= 15 is 0 Å². The summed E-state index contributed by atoms with van der Waals surface area (Å²) in [6.45, 7) is 5.15. The molecule has 1 aromatic carbocycles. The predicted octanol–water partition coefficient (Wildman–Crippen LogP) is 2.97. The third-order valence-corrected chi connectivity index (χ3v) is 5.00. The van der Waals surface area contributed by atoms with Crippen LogP contribution in [0.5, 0.6) is 0 Å². The Morgan fingerprint density at radius 1 is 1.23 bits per heavy atom. The first-order valence-corrected chi connectivity index (χ1v) is 8.78. The lowest BCUT2D eigenvalue weighted by Gasteiger charge is -2.17. The SMILES string of the molecule is Cc1ccc(NC(=O)C(C)n2c(C)nc3scc(C(=O)O)c3c2=O)cc1. The maximum Gasteiger partial charge on any atom is 0.337 e. The first-order chi connectivity index (χ1) is 12.3. The van der Waals surface area contributed by atoms with E-state index in [9.17, 15) is 19.5 Å². The highest BCUT2D eigenvalue weighted by molar-refractivity contribution is 7.17. The second-order valence-corrected chi connectivity index (χ2v) is 6.86. The third kappa shape index (κ3) is 3.11. The lowest BCUT2D eigenvalue weighted by Crippen LogP contribution is -2.34. The van der Waals surface area contributed by atoms with Crippen molar-refractivity contribution in [1.82, 2.24) is 9.55 Å². The Kier molecular flexibility index (Phi) is 4.60. The van der Waals surface area contributed by atoms with E-state index in [1.54, 1.807) is 26.0 Å². The van der Waals surface area contributed by atoms with E-state index in [1.165, 1.54) is 9.95 Å². The number of nitrogens with zero attached hydrogens (tertiary/aromatic N) is 2. The Hall–Kier alpha value is -3.00. The molecule has 3 aromatic rings. The van der Waals surface area contributed by atoms with E-state index in [2.05, 4.69) is 10.3 Å². The number of fused-ring (bicyclic) bond motifs is 1. The number of carboxylic acid groups (broad SMARTS) is 1. The van der Waals surface area contributed by atoms with Gasteiger partial charge in [0.05, 0.1) is 10.9 Å². The number of amides is 1. The molecule has 1 atom stereocenters. The number of aromatic carboxylic acids is 1. The summed E-state index contributed by atoms with van der Waals surface area (Å²) in [6.07, 6.45) is 0. The molecule has 0 saturated heterocycles. The lowest BCUT2D eigenvalue weighted by molar-refractivity contribution is -0.118. The number of hydrogen-bond donors (Lipinski definition) is 2. The molecule has 8 heteroatoms. The standard InChI is InChI=1S/C18H17N3O4S/c1-9-4-6-12(7-5-9)20-15(22)10(2)21-11(3)19-16-14(17(21)23)13(8-26-16)18(24)25/h4-8,10H,1-3H3,(H,20,22)(H,24,25). The van der Waals surface area contributed by atoms with Crippen molar-refractivity contribution < 1.29 is 14.7 Å². The summed E-state index contributed by atoms with van der Waals surface area (Å²) >= 11 is 1.10. The number of benzene rings is 1. The zero-order valence-corrected chi connectivity index (χ0v) is 15.3. The number of hydrogen-bond acceptors (Lipinski definition) is 5. The summed E-state index contributed by atoms with van der Waals surface area (Å²) < 4.78 is 1.23. The highest BCUT2D eigenvalue weighted by atomic mass is 32.1. The van der Waals surface area contributed by atoms with Gasteiger partial charge in [0.25, 0.3) is 5.56 Å². The van der Waals surface area contributed by atoms with Crippen LogP contribution in [-0.4, -0.2) is 26.5 Å². The van der Waals surface area contributed by atoms with Crippen LogP contribution in [0.4, 0.5) is 5.69 Å². The Balaban J connectivity index is 2.02. The van der Waals surface area contributed by atoms with E-state index < -0.39 is 17.6 Å². The van der Waals surface area contributed by atoms with Crippen LogP contribution < -0.4 is 10.9 Å². The van der Waals surface area contributed by atoms with Gasteiger partial charge in [0.1, 0.15) is 16.7 Å². The predicted molar refractivity (Wildman–Crippen MR) is 100 cm³/mol. The molecular weight excluding hydrogens is 354 g/mol. The smallest absolute Gasteiger partial charge is 0.337 e. The van der Waals surface area contributed by atoms with Crippen molar-refractivity contribution >= 4 is 39.1 Å². The Morgan fingerprint density at radius 2 is 1.88 bits per heavy atom. The Morgan fingerprint density at radius 3 is 2.50 bits per heavy atom. The third-order valence-electron chi connectivity index (χ3n) is 4.13. The van der Waals surface area contributed by atoms with Gasteiger partial charge in [-0.3, -0.25) is 14.2 Å². The van der Waals surface area contributed by atoms with Crippen molar-refractivity contribution in [1.29, 1.82) is 0 Å². The fraction of sp³-hybridized carbons (Fsp3) is 0.222. The summed E-state index contributed by atoms with van der Waals surface area (Å²) in [5.41, 5.74) is 1.06. The van der Waals surface area contributed by atoms with Crippen LogP contribution >= 0.6 is 11.3 Å². The largest absolute Gasteiger partial charge is 0.478 e. The molecule has 1 amide bonds. The molecule has 1 unspecified atom stereocenters. The van der Waals surface area contributed by atoms with Crippen molar-refractivity contribution in [3.8, 4) is 0 Å².